The maximum absolute atomic E-state index is 12.1. The summed E-state index contributed by atoms with van der Waals surface area (Å²) in [7, 11) is 1.73. The third kappa shape index (κ3) is 8.91. The van der Waals surface area contributed by atoms with E-state index < -0.39 is 0 Å². The van der Waals surface area contributed by atoms with Crippen LogP contribution in [0.25, 0.3) is 33.4 Å². The Morgan fingerprint density at radius 3 is 2.65 bits per heavy atom. The molecular weight excluding hydrogens is 651 g/mol. The van der Waals surface area contributed by atoms with Crippen LogP contribution < -0.4 is 5.84 Å². The molecule has 0 saturated carbocycles. The van der Waals surface area contributed by atoms with Crippen LogP contribution in [0.5, 0.6) is 0 Å². The number of carbonyl (C=O) groups is 1. The SMILES string of the molecule is C=COCC(C)(C)Cc1c(-c2cccnc2C(OC)C(C)C=C)n(CC)c2ccc(-c3csc(CC(C=O)C(S)N(N)CCCC)n3)cc12. The largest absolute Gasteiger partial charge is 0.501 e. The minimum Gasteiger partial charge on any atom is -0.501 e. The number of aldehydes is 1. The van der Waals surface area contributed by atoms with Gasteiger partial charge in [-0.05, 0) is 49.6 Å². The number of carbonyl (C=O) groups excluding carboxylic acids is 1. The van der Waals surface area contributed by atoms with E-state index in [9.17, 15) is 4.79 Å². The number of methoxy groups -OCH3 is 1. The zero-order valence-electron chi connectivity index (χ0n) is 29.9. The number of benzene rings is 1. The van der Waals surface area contributed by atoms with E-state index in [-0.39, 0.29) is 28.7 Å². The molecule has 0 aliphatic heterocycles. The number of aryl methyl sites for hydroxylation is 1. The Hall–Kier alpha value is -3.28. The monoisotopic (exact) mass is 703 g/mol. The first kappa shape index (κ1) is 38.5. The molecule has 4 aromatic rings. The van der Waals surface area contributed by atoms with Crippen LogP contribution in [0.2, 0.25) is 0 Å². The molecule has 3 aromatic heterocycles. The highest BCUT2D eigenvalue weighted by atomic mass is 32.1. The Kier molecular flexibility index (Phi) is 13.8. The second-order valence-corrected chi connectivity index (χ2v) is 14.9. The summed E-state index contributed by atoms with van der Waals surface area (Å²) >= 11 is 6.25. The lowest BCUT2D eigenvalue weighted by Crippen LogP contribution is -2.43. The molecule has 0 radical (unpaired) electrons. The van der Waals surface area contributed by atoms with Crippen molar-refractivity contribution in [2.24, 2.45) is 23.1 Å². The second-order valence-electron chi connectivity index (χ2n) is 13.4. The van der Waals surface area contributed by atoms with Gasteiger partial charge in [0.15, 0.2) is 0 Å². The Balaban J connectivity index is 1.84. The van der Waals surface area contributed by atoms with E-state index in [2.05, 4.69) is 82.0 Å². The molecular formula is C39H53N5O3S2. The van der Waals surface area contributed by atoms with Gasteiger partial charge in [-0.3, -0.25) is 10.8 Å². The molecule has 0 spiro atoms. The molecule has 4 rings (SSSR count). The van der Waals surface area contributed by atoms with E-state index in [0.717, 1.165) is 76.2 Å². The van der Waals surface area contributed by atoms with Gasteiger partial charge in [0, 0.05) is 77.5 Å². The van der Waals surface area contributed by atoms with Gasteiger partial charge in [-0.2, -0.15) is 12.6 Å². The number of hydrogen-bond donors (Lipinski definition) is 2. The van der Waals surface area contributed by atoms with E-state index in [1.54, 1.807) is 23.5 Å². The van der Waals surface area contributed by atoms with Crippen LogP contribution in [0.1, 0.15) is 69.8 Å². The van der Waals surface area contributed by atoms with Crippen molar-refractivity contribution in [3.63, 3.8) is 0 Å². The van der Waals surface area contributed by atoms with Gasteiger partial charge in [-0.1, -0.05) is 52.8 Å². The first-order valence-corrected chi connectivity index (χ1v) is 18.5. The predicted molar refractivity (Wildman–Crippen MR) is 207 cm³/mol. The number of unbranched alkanes of at least 4 members (excludes halogenated alkanes) is 1. The molecule has 10 heteroatoms. The summed E-state index contributed by atoms with van der Waals surface area (Å²) in [6.07, 6.45) is 9.17. The second kappa shape index (κ2) is 17.6. The topological polar surface area (TPSA) is 95.5 Å². The molecule has 0 fully saturated rings. The van der Waals surface area contributed by atoms with E-state index in [1.807, 2.05) is 18.3 Å². The lowest BCUT2D eigenvalue weighted by Gasteiger charge is -2.27. The third-order valence-corrected chi connectivity index (χ3v) is 10.7. The van der Waals surface area contributed by atoms with Crippen molar-refractivity contribution in [2.75, 3.05) is 20.3 Å². The van der Waals surface area contributed by atoms with Crippen LogP contribution in [0.15, 0.2) is 67.4 Å². The van der Waals surface area contributed by atoms with E-state index in [1.165, 1.54) is 11.8 Å². The van der Waals surface area contributed by atoms with Crippen molar-refractivity contribution in [2.45, 2.75) is 78.3 Å². The van der Waals surface area contributed by atoms with Gasteiger partial charge in [0.05, 0.1) is 40.3 Å². The predicted octanol–water partition coefficient (Wildman–Crippen LogP) is 8.67. The zero-order chi connectivity index (χ0) is 35.7. The fourth-order valence-corrected chi connectivity index (χ4v) is 7.61. The van der Waals surface area contributed by atoms with Crippen molar-refractivity contribution >= 4 is 41.2 Å². The van der Waals surface area contributed by atoms with Gasteiger partial charge in [-0.15, -0.1) is 17.9 Å². The van der Waals surface area contributed by atoms with Crippen LogP contribution in [-0.2, 0) is 33.7 Å². The average molecular weight is 704 g/mol. The molecule has 2 N–H and O–H groups in total. The Morgan fingerprint density at radius 2 is 2.00 bits per heavy atom. The molecule has 0 saturated heterocycles. The number of pyridine rings is 1. The molecule has 8 nitrogen and oxygen atoms in total. The molecule has 264 valence electrons. The molecule has 0 aliphatic carbocycles. The van der Waals surface area contributed by atoms with Crippen LogP contribution in [0.3, 0.4) is 0 Å². The summed E-state index contributed by atoms with van der Waals surface area (Å²) in [6.45, 7) is 20.6. The molecule has 1 aromatic carbocycles. The van der Waals surface area contributed by atoms with Crippen LogP contribution >= 0.6 is 24.0 Å². The van der Waals surface area contributed by atoms with Crippen molar-refractivity contribution in [1.82, 2.24) is 19.5 Å². The Morgan fingerprint density at radius 1 is 1.22 bits per heavy atom. The average Bonchev–Trinajstić information content (AvgIpc) is 3.70. The van der Waals surface area contributed by atoms with Crippen LogP contribution in [0.4, 0.5) is 0 Å². The summed E-state index contributed by atoms with van der Waals surface area (Å²) in [4.78, 5) is 22.0. The molecule has 0 bridgehead atoms. The van der Waals surface area contributed by atoms with Gasteiger partial charge in [0.1, 0.15) is 12.4 Å². The highest BCUT2D eigenvalue weighted by Crippen LogP contribution is 2.43. The quantitative estimate of drug-likeness (QED) is 0.0181. The summed E-state index contributed by atoms with van der Waals surface area (Å²) in [5, 5.41) is 5.40. The minimum absolute atomic E-state index is 0.0605. The maximum atomic E-state index is 12.1. The standard InChI is InChI=1S/C39H53N5O3S2/c1-9-13-19-44(40)38(48)28(23-45)21-34-42-32(24-49-34)27-16-17-33-30(20-27)31(22-39(6,7)25-47-12-4)36(43(33)11-3)29-15-14-18-41-35(29)37(46-8)26(5)10-2/h10,12,14-18,20,23-24,26,28,37-38,48H,2,4,9,11,13,19,21-22,25,40H2,1,3,5-8H3. The summed E-state index contributed by atoms with van der Waals surface area (Å²) in [6, 6.07) is 10.7. The number of aromatic nitrogens is 3. The number of fused-ring (bicyclic) bond motifs is 1. The highest BCUT2D eigenvalue weighted by molar-refractivity contribution is 7.80. The highest BCUT2D eigenvalue weighted by Gasteiger charge is 2.30. The Labute approximate surface area is 301 Å². The molecule has 49 heavy (non-hydrogen) atoms. The van der Waals surface area contributed by atoms with Gasteiger partial charge >= 0.3 is 0 Å². The number of nitrogens with two attached hydrogens (primary N) is 1. The summed E-state index contributed by atoms with van der Waals surface area (Å²) < 4.78 is 14.2. The number of nitrogens with zero attached hydrogens (tertiary/aromatic N) is 4. The van der Waals surface area contributed by atoms with Crippen molar-refractivity contribution in [3.8, 4) is 22.5 Å². The lowest BCUT2D eigenvalue weighted by atomic mass is 9.84. The third-order valence-electron chi connectivity index (χ3n) is 9.12. The zero-order valence-corrected chi connectivity index (χ0v) is 31.6. The maximum Gasteiger partial charge on any atom is 0.125 e. The number of hydrogen-bond acceptors (Lipinski definition) is 9. The van der Waals surface area contributed by atoms with E-state index in [4.69, 9.17) is 37.9 Å². The number of thiol groups is 1. The first-order chi connectivity index (χ1) is 23.5. The lowest BCUT2D eigenvalue weighted by molar-refractivity contribution is -0.112. The smallest absolute Gasteiger partial charge is 0.125 e. The fourth-order valence-electron chi connectivity index (χ4n) is 6.44. The van der Waals surface area contributed by atoms with Crippen LogP contribution in [0, 0.1) is 17.3 Å². The molecule has 4 unspecified atom stereocenters. The van der Waals surface area contributed by atoms with E-state index >= 15 is 0 Å². The summed E-state index contributed by atoms with van der Waals surface area (Å²) in [5.41, 5.74) is 7.12. The van der Waals surface area contributed by atoms with Gasteiger partial charge in [-0.25, -0.2) is 9.99 Å². The number of hydrazine groups is 1. The van der Waals surface area contributed by atoms with Crippen molar-refractivity contribution in [3.05, 3.63) is 83.7 Å². The molecule has 0 amide bonds. The van der Waals surface area contributed by atoms with Crippen molar-refractivity contribution in [1.29, 1.82) is 0 Å². The van der Waals surface area contributed by atoms with Gasteiger partial charge in [0.25, 0.3) is 0 Å². The van der Waals surface area contributed by atoms with Gasteiger partial charge in [0.2, 0.25) is 0 Å². The number of thiazole rings is 1. The van der Waals surface area contributed by atoms with Crippen molar-refractivity contribution < 1.29 is 14.3 Å². The fraction of sp³-hybridized carbons (Fsp3) is 0.462. The Bertz CT molecular complexity index is 1710. The molecule has 0 aliphatic rings. The summed E-state index contributed by atoms with van der Waals surface area (Å²) in [5.74, 6) is 5.93. The first-order valence-electron chi connectivity index (χ1n) is 17.1. The number of ether oxygens (including phenoxy) is 2. The van der Waals surface area contributed by atoms with Crippen LogP contribution in [-0.4, -0.2) is 51.5 Å². The number of rotatable bonds is 20. The minimum atomic E-state index is -0.375. The molecule has 4 atom stereocenters. The van der Waals surface area contributed by atoms with Gasteiger partial charge < -0.3 is 18.8 Å². The van der Waals surface area contributed by atoms with E-state index in [0.29, 0.717) is 19.6 Å². The molecule has 3 heterocycles. The normalized spacial score (nSPS) is 14.5.